The van der Waals surface area contributed by atoms with Crippen LogP contribution in [0.4, 0.5) is 0 Å². The first kappa shape index (κ1) is 30.8. The maximum absolute atomic E-state index is 8.85. The van der Waals surface area contributed by atoms with E-state index >= 15 is 0 Å². The van der Waals surface area contributed by atoms with Crippen molar-refractivity contribution < 1.29 is 5.11 Å². The van der Waals surface area contributed by atoms with E-state index in [1.165, 1.54) is 88.3 Å². The SMILES string of the molecule is CSC1=C(SCCCCCCCCCCO)S/C(=C2\SC(SC)=C(SCCCn3cccc3)S2)S1. The number of aliphatic hydroxyl groups excluding tert-OH is 1. The molecule has 196 valence electrons. The molecule has 35 heavy (non-hydrogen) atoms. The van der Waals surface area contributed by atoms with Crippen LogP contribution in [0.3, 0.4) is 0 Å². The molecule has 0 atom stereocenters. The van der Waals surface area contributed by atoms with Gasteiger partial charge in [0, 0.05) is 31.3 Å². The zero-order chi connectivity index (χ0) is 24.7. The van der Waals surface area contributed by atoms with Crippen molar-refractivity contribution in [3.8, 4) is 0 Å². The monoisotopic (exact) mass is 623 g/mol. The van der Waals surface area contributed by atoms with Crippen molar-refractivity contribution >= 4 is 94.1 Å². The molecule has 0 bridgehead atoms. The average Bonchev–Trinajstić information content (AvgIpc) is 3.62. The highest BCUT2D eigenvalue weighted by Crippen LogP contribution is 2.65. The van der Waals surface area contributed by atoms with Crippen molar-refractivity contribution in [2.45, 2.75) is 64.3 Å². The molecule has 1 N–H and O–H groups in total. The number of aryl methyl sites for hydroxylation is 1. The van der Waals surface area contributed by atoms with Crippen molar-refractivity contribution in [3.05, 3.63) is 49.9 Å². The quantitative estimate of drug-likeness (QED) is 0.160. The van der Waals surface area contributed by atoms with E-state index in [1.54, 1.807) is 0 Å². The van der Waals surface area contributed by atoms with E-state index in [4.69, 9.17) is 5.11 Å². The second-order valence-electron chi connectivity index (χ2n) is 8.06. The molecule has 1 aromatic rings. The third-order valence-corrected chi connectivity index (χ3v) is 16.8. The Morgan fingerprint density at radius 3 is 1.60 bits per heavy atom. The minimum absolute atomic E-state index is 0.349. The van der Waals surface area contributed by atoms with Gasteiger partial charge in [-0.3, -0.25) is 0 Å². The van der Waals surface area contributed by atoms with Crippen LogP contribution in [0.1, 0.15) is 57.8 Å². The van der Waals surface area contributed by atoms with Gasteiger partial charge in [-0.15, -0.1) is 47.0 Å². The zero-order valence-electron chi connectivity index (χ0n) is 20.7. The number of thioether (sulfide) groups is 8. The van der Waals surface area contributed by atoms with Gasteiger partial charge in [-0.25, -0.2) is 0 Å². The van der Waals surface area contributed by atoms with E-state index < -0.39 is 0 Å². The van der Waals surface area contributed by atoms with Crippen molar-refractivity contribution in [1.29, 1.82) is 0 Å². The Balaban J connectivity index is 1.37. The lowest BCUT2D eigenvalue weighted by molar-refractivity contribution is 0.282. The highest BCUT2D eigenvalue weighted by atomic mass is 32.3. The summed E-state index contributed by atoms with van der Waals surface area (Å²) in [5.74, 6) is 2.41. The third kappa shape index (κ3) is 11.1. The van der Waals surface area contributed by atoms with Gasteiger partial charge >= 0.3 is 0 Å². The van der Waals surface area contributed by atoms with Crippen LogP contribution in [-0.2, 0) is 6.54 Å². The van der Waals surface area contributed by atoms with Crippen LogP contribution in [0.5, 0.6) is 0 Å². The third-order valence-electron chi connectivity index (χ3n) is 5.36. The molecule has 0 unspecified atom stereocenters. The number of aromatic nitrogens is 1. The zero-order valence-corrected chi connectivity index (χ0v) is 27.2. The van der Waals surface area contributed by atoms with E-state index in [2.05, 4.69) is 53.4 Å². The molecule has 2 nitrogen and oxygen atoms in total. The Morgan fingerprint density at radius 1 is 0.629 bits per heavy atom. The largest absolute Gasteiger partial charge is 0.396 e. The van der Waals surface area contributed by atoms with Gasteiger partial charge in [0.05, 0.1) is 25.4 Å². The Bertz CT molecular complexity index is 850. The first-order valence-corrected chi connectivity index (χ1v) is 19.9. The normalized spacial score (nSPS) is 18.5. The Morgan fingerprint density at radius 2 is 1.09 bits per heavy atom. The van der Waals surface area contributed by atoms with E-state index in [0.717, 1.165) is 13.0 Å². The lowest BCUT2D eigenvalue weighted by Gasteiger charge is -2.05. The second kappa shape index (κ2) is 18.5. The standard InChI is InChI=1S/C25H37NOS8/c1-28-20-22(30-18-12-8-6-4-3-5-7-11-17-27)34-24(32-20)25-33-21(29-2)23(35-25)31-19-13-16-26-14-9-10-15-26/h9-10,14-15,27H,3-8,11-13,16-19H2,1-2H3/b25-24+. The van der Waals surface area contributed by atoms with Crippen LogP contribution in [0.25, 0.3) is 0 Å². The number of rotatable bonds is 18. The van der Waals surface area contributed by atoms with E-state index in [0.29, 0.717) is 6.61 Å². The summed E-state index contributed by atoms with van der Waals surface area (Å²) in [5, 5.41) is 8.85. The molecule has 3 heterocycles. The summed E-state index contributed by atoms with van der Waals surface area (Å²) < 4.78 is 11.2. The molecule has 2 aliphatic heterocycles. The van der Waals surface area contributed by atoms with Crippen LogP contribution in [0.2, 0.25) is 0 Å². The Hall–Kier alpha value is 1.26. The van der Waals surface area contributed by atoms with Crippen LogP contribution < -0.4 is 0 Å². The van der Waals surface area contributed by atoms with Gasteiger partial charge in [0.2, 0.25) is 0 Å². The van der Waals surface area contributed by atoms with Gasteiger partial charge in [-0.2, -0.15) is 0 Å². The summed E-state index contributed by atoms with van der Waals surface area (Å²) in [6, 6.07) is 4.21. The molecular formula is C25H37NOS8. The molecule has 0 aromatic carbocycles. The van der Waals surface area contributed by atoms with Gasteiger partial charge in [0.25, 0.3) is 0 Å². The molecule has 3 rings (SSSR count). The maximum Gasteiger partial charge on any atom is 0.0717 e. The van der Waals surface area contributed by atoms with Crippen molar-refractivity contribution in [2.24, 2.45) is 0 Å². The predicted molar refractivity (Wildman–Crippen MR) is 176 cm³/mol. The van der Waals surface area contributed by atoms with Crippen molar-refractivity contribution in [2.75, 3.05) is 30.6 Å². The summed E-state index contributed by atoms with van der Waals surface area (Å²) in [7, 11) is 0. The van der Waals surface area contributed by atoms with Gasteiger partial charge in [0.1, 0.15) is 0 Å². The molecule has 0 fully saturated rings. The molecule has 1 aromatic heterocycles. The van der Waals surface area contributed by atoms with Crippen LogP contribution in [-0.4, -0.2) is 40.3 Å². The first-order chi connectivity index (χ1) is 17.2. The first-order valence-electron chi connectivity index (χ1n) is 12.2. The lowest BCUT2D eigenvalue weighted by Crippen LogP contribution is -1.95. The fourth-order valence-electron chi connectivity index (χ4n) is 3.51. The maximum atomic E-state index is 8.85. The number of hydrogen-bond acceptors (Lipinski definition) is 9. The van der Waals surface area contributed by atoms with Crippen LogP contribution in [0.15, 0.2) is 49.9 Å². The summed E-state index contributed by atoms with van der Waals surface area (Å²) in [4.78, 5) is 0. The molecule has 0 spiro atoms. The van der Waals surface area contributed by atoms with Crippen molar-refractivity contribution in [3.63, 3.8) is 0 Å². The second-order valence-corrected chi connectivity index (χ2v) is 17.5. The van der Waals surface area contributed by atoms with Gasteiger partial charge in [-0.05, 0) is 49.7 Å². The number of aliphatic hydroxyl groups is 1. The van der Waals surface area contributed by atoms with Crippen molar-refractivity contribution in [1.82, 2.24) is 4.57 Å². The smallest absolute Gasteiger partial charge is 0.0717 e. The molecule has 10 heteroatoms. The van der Waals surface area contributed by atoms with E-state index in [-0.39, 0.29) is 0 Å². The minimum Gasteiger partial charge on any atom is -0.396 e. The highest BCUT2D eigenvalue weighted by Gasteiger charge is 2.30. The average molecular weight is 624 g/mol. The van der Waals surface area contributed by atoms with Crippen LogP contribution >= 0.6 is 94.1 Å². The number of hydrogen-bond donors (Lipinski definition) is 1. The summed E-state index contributed by atoms with van der Waals surface area (Å²) >= 11 is 15.9. The Labute approximate surface area is 246 Å². The van der Waals surface area contributed by atoms with Gasteiger partial charge in [-0.1, -0.05) is 85.6 Å². The van der Waals surface area contributed by atoms with Gasteiger partial charge in [0.15, 0.2) is 0 Å². The topological polar surface area (TPSA) is 25.2 Å². The summed E-state index contributed by atoms with van der Waals surface area (Å²) in [6.07, 6.45) is 20.1. The molecule has 0 aliphatic carbocycles. The number of unbranched alkanes of at least 4 members (excludes halogenated alkanes) is 7. The Kier molecular flexibility index (Phi) is 16.3. The number of nitrogens with zero attached hydrogens (tertiary/aromatic N) is 1. The van der Waals surface area contributed by atoms with E-state index in [1.807, 2.05) is 82.3 Å². The molecule has 0 radical (unpaired) electrons. The van der Waals surface area contributed by atoms with E-state index in [9.17, 15) is 0 Å². The fraction of sp³-hybridized carbons (Fsp3) is 0.600. The summed E-state index contributed by atoms with van der Waals surface area (Å²) in [5.41, 5.74) is 0. The van der Waals surface area contributed by atoms with Crippen LogP contribution in [0, 0.1) is 0 Å². The lowest BCUT2D eigenvalue weighted by atomic mass is 10.1. The predicted octanol–water partition coefficient (Wildman–Crippen LogP) is 10.5. The molecule has 0 saturated heterocycles. The molecular weight excluding hydrogens is 587 g/mol. The molecule has 2 aliphatic rings. The molecule has 0 saturated carbocycles. The summed E-state index contributed by atoms with van der Waals surface area (Å²) in [6.45, 7) is 1.45. The van der Waals surface area contributed by atoms with Gasteiger partial charge < -0.3 is 9.67 Å². The highest BCUT2D eigenvalue weighted by molar-refractivity contribution is 8.45. The molecule has 0 amide bonds. The fourth-order valence-corrected chi connectivity index (χ4v) is 14.7. The minimum atomic E-state index is 0.349.